The van der Waals surface area contributed by atoms with Crippen LogP contribution in [-0.2, 0) is 4.74 Å². The first-order valence-electron chi connectivity index (χ1n) is 8.10. The highest BCUT2D eigenvalue weighted by Gasteiger charge is 1.93. The van der Waals surface area contributed by atoms with Gasteiger partial charge in [0.15, 0.2) is 0 Å². The number of unbranched alkanes of at least 4 members (excludes halogenated alkanes) is 10. The van der Waals surface area contributed by atoms with E-state index in [9.17, 15) is 0 Å². The summed E-state index contributed by atoms with van der Waals surface area (Å²) in [5.74, 6) is 0. The van der Waals surface area contributed by atoms with Gasteiger partial charge in [-0.15, -0.1) is 0 Å². The van der Waals surface area contributed by atoms with Gasteiger partial charge in [0.05, 0.1) is 0 Å². The quantitative estimate of drug-likeness (QED) is 0.432. The van der Waals surface area contributed by atoms with Gasteiger partial charge in [-0.2, -0.15) is 0 Å². The van der Waals surface area contributed by atoms with Crippen LogP contribution < -0.4 is 0 Å². The van der Waals surface area contributed by atoms with E-state index in [1.807, 2.05) is 0 Å². The van der Waals surface area contributed by atoms with Crippen LogP contribution in [0, 0.1) is 0 Å². The van der Waals surface area contributed by atoms with Gasteiger partial charge in [0.1, 0.15) is 0 Å². The molecule has 0 aromatic carbocycles. The number of aliphatic hydroxyl groups is 1. The molecule has 0 saturated carbocycles. The van der Waals surface area contributed by atoms with E-state index in [0.29, 0.717) is 6.61 Å². The van der Waals surface area contributed by atoms with E-state index in [1.165, 1.54) is 70.6 Å². The van der Waals surface area contributed by atoms with Crippen molar-refractivity contribution >= 4 is 0 Å². The lowest BCUT2D eigenvalue weighted by Gasteiger charge is -2.04. The monoisotopic (exact) mass is 258 g/mol. The van der Waals surface area contributed by atoms with Crippen molar-refractivity contribution in [2.45, 2.75) is 84.0 Å². The maximum atomic E-state index is 8.65. The van der Waals surface area contributed by atoms with E-state index in [2.05, 4.69) is 6.92 Å². The van der Waals surface area contributed by atoms with Crippen molar-refractivity contribution in [2.24, 2.45) is 0 Å². The molecule has 0 bridgehead atoms. The van der Waals surface area contributed by atoms with Gasteiger partial charge in [-0.05, 0) is 19.3 Å². The van der Waals surface area contributed by atoms with Crippen LogP contribution in [0.1, 0.15) is 84.0 Å². The lowest BCUT2D eigenvalue weighted by atomic mass is 10.1. The third kappa shape index (κ3) is 15.9. The number of hydrogen-bond acceptors (Lipinski definition) is 2. The fourth-order valence-corrected chi connectivity index (χ4v) is 2.08. The van der Waals surface area contributed by atoms with Crippen LogP contribution in [0.3, 0.4) is 0 Å². The summed E-state index contributed by atoms with van der Waals surface area (Å²) in [4.78, 5) is 0. The van der Waals surface area contributed by atoms with Crippen LogP contribution in [0.5, 0.6) is 0 Å². The lowest BCUT2D eigenvalue weighted by molar-refractivity contribution is 0.127. The molecule has 0 atom stereocenters. The molecule has 2 heteroatoms. The fourth-order valence-electron chi connectivity index (χ4n) is 2.08. The molecule has 0 unspecified atom stereocenters. The Labute approximate surface area is 114 Å². The molecule has 110 valence electrons. The van der Waals surface area contributed by atoms with E-state index >= 15 is 0 Å². The largest absolute Gasteiger partial charge is 0.396 e. The fraction of sp³-hybridized carbons (Fsp3) is 1.00. The van der Waals surface area contributed by atoms with Crippen LogP contribution in [0.2, 0.25) is 0 Å². The first kappa shape index (κ1) is 17.9. The highest BCUT2D eigenvalue weighted by atomic mass is 16.5. The number of ether oxygens (including phenoxy) is 1. The number of hydrogen-bond donors (Lipinski definition) is 1. The van der Waals surface area contributed by atoms with Gasteiger partial charge < -0.3 is 9.84 Å². The molecule has 0 amide bonds. The van der Waals surface area contributed by atoms with Crippen LogP contribution >= 0.6 is 0 Å². The Balaban J connectivity index is 2.86. The summed E-state index contributed by atoms with van der Waals surface area (Å²) in [6, 6.07) is 0. The summed E-state index contributed by atoms with van der Waals surface area (Å²) >= 11 is 0. The van der Waals surface area contributed by atoms with E-state index in [4.69, 9.17) is 9.84 Å². The number of rotatable bonds is 15. The van der Waals surface area contributed by atoms with Crippen molar-refractivity contribution < 1.29 is 9.84 Å². The van der Waals surface area contributed by atoms with Gasteiger partial charge in [0.25, 0.3) is 0 Å². The average molecular weight is 258 g/mol. The maximum Gasteiger partial charge on any atom is 0.0466 e. The Morgan fingerprint density at radius 2 is 1.06 bits per heavy atom. The van der Waals surface area contributed by atoms with Crippen molar-refractivity contribution in [3.63, 3.8) is 0 Å². The van der Waals surface area contributed by atoms with Crippen molar-refractivity contribution in [3.8, 4) is 0 Å². The zero-order valence-corrected chi connectivity index (χ0v) is 12.5. The highest BCUT2D eigenvalue weighted by Crippen LogP contribution is 2.10. The molecule has 2 nitrogen and oxygen atoms in total. The zero-order chi connectivity index (χ0) is 13.3. The van der Waals surface area contributed by atoms with Crippen LogP contribution in [0.4, 0.5) is 0 Å². The van der Waals surface area contributed by atoms with Gasteiger partial charge >= 0.3 is 0 Å². The molecule has 0 fully saturated rings. The molecule has 0 aliphatic carbocycles. The predicted molar refractivity (Wildman–Crippen MR) is 79.0 cm³/mol. The molecule has 0 heterocycles. The molecule has 0 saturated heterocycles. The van der Waals surface area contributed by atoms with Gasteiger partial charge in [-0.25, -0.2) is 0 Å². The maximum absolute atomic E-state index is 8.65. The van der Waals surface area contributed by atoms with E-state index in [-0.39, 0.29) is 0 Å². The summed E-state index contributed by atoms with van der Waals surface area (Å²) in [6.45, 7) is 4.47. The smallest absolute Gasteiger partial charge is 0.0466 e. The number of aliphatic hydroxyl groups excluding tert-OH is 1. The average Bonchev–Trinajstić information content (AvgIpc) is 2.39. The summed E-state index contributed by atoms with van der Waals surface area (Å²) in [7, 11) is 0. The minimum absolute atomic E-state index is 0.361. The summed E-state index contributed by atoms with van der Waals surface area (Å²) in [5, 5.41) is 8.65. The minimum atomic E-state index is 0.361. The molecule has 0 aliphatic rings. The Kier molecular flexibility index (Phi) is 16.8. The predicted octanol–water partition coefficient (Wildman–Crippen LogP) is 4.70. The highest BCUT2D eigenvalue weighted by molar-refractivity contribution is 4.48. The Morgan fingerprint density at radius 3 is 1.56 bits per heavy atom. The first-order valence-corrected chi connectivity index (χ1v) is 8.10. The van der Waals surface area contributed by atoms with Crippen molar-refractivity contribution in [1.82, 2.24) is 0 Å². The Hall–Kier alpha value is -0.0800. The van der Waals surface area contributed by atoms with E-state index in [1.54, 1.807) is 0 Å². The van der Waals surface area contributed by atoms with Gasteiger partial charge in [0, 0.05) is 19.8 Å². The molecule has 0 aromatic heterocycles. The molecule has 18 heavy (non-hydrogen) atoms. The van der Waals surface area contributed by atoms with E-state index in [0.717, 1.165) is 19.6 Å². The van der Waals surface area contributed by atoms with Gasteiger partial charge in [-0.1, -0.05) is 64.7 Å². The summed E-state index contributed by atoms with van der Waals surface area (Å²) in [6.07, 6.45) is 15.3. The van der Waals surface area contributed by atoms with Crippen molar-refractivity contribution in [3.05, 3.63) is 0 Å². The van der Waals surface area contributed by atoms with Crippen molar-refractivity contribution in [1.29, 1.82) is 0 Å². The standard InChI is InChI=1S/C16H34O2/c1-2-3-15-18-16-13-11-9-7-5-4-6-8-10-12-14-17/h17H,2-16H2,1H3. The summed E-state index contributed by atoms with van der Waals surface area (Å²) in [5.41, 5.74) is 0. The molecule has 0 aliphatic heterocycles. The second-order valence-electron chi connectivity index (χ2n) is 5.23. The normalized spacial score (nSPS) is 11.0. The van der Waals surface area contributed by atoms with E-state index < -0.39 is 0 Å². The molecule has 0 spiro atoms. The zero-order valence-electron chi connectivity index (χ0n) is 12.5. The third-order valence-electron chi connectivity index (χ3n) is 3.34. The summed E-state index contributed by atoms with van der Waals surface area (Å²) < 4.78 is 5.54. The first-order chi connectivity index (χ1) is 8.91. The third-order valence-corrected chi connectivity index (χ3v) is 3.34. The van der Waals surface area contributed by atoms with Gasteiger partial charge in [0.2, 0.25) is 0 Å². The topological polar surface area (TPSA) is 29.5 Å². The SMILES string of the molecule is CCCCOCCCCCCCCCCCCO. The second kappa shape index (κ2) is 16.9. The second-order valence-corrected chi connectivity index (χ2v) is 5.23. The van der Waals surface area contributed by atoms with Crippen molar-refractivity contribution in [2.75, 3.05) is 19.8 Å². The van der Waals surface area contributed by atoms with Gasteiger partial charge in [-0.3, -0.25) is 0 Å². The Bertz CT molecular complexity index is 121. The molecule has 0 aromatic rings. The lowest BCUT2D eigenvalue weighted by Crippen LogP contribution is -1.96. The molecular formula is C16H34O2. The van der Waals surface area contributed by atoms with Crippen LogP contribution in [0.15, 0.2) is 0 Å². The minimum Gasteiger partial charge on any atom is -0.396 e. The molecule has 1 N–H and O–H groups in total. The van der Waals surface area contributed by atoms with Crippen LogP contribution in [-0.4, -0.2) is 24.9 Å². The molecule has 0 radical (unpaired) electrons. The van der Waals surface area contributed by atoms with Crippen LogP contribution in [0.25, 0.3) is 0 Å². The Morgan fingerprint density at radius 1 is 0.611 bits per heavy atom. The molecule has 0 rings (SSSR count). The molecular weight excluding hydrogens is 224 g/mol.